The van der Waals surface area contributed by atoms with Gasteiger partial charge in [0.2, 0.25) is 0 Å². The van der Waals surface area contributed by atoms with Crippen molar-refractivity contribution in [2.24, 2.45) is 4.99 Å². The maximum absolute atomic E-state index is 13.8. The van der Waals surface area contributed by atoms with E-state index in [4.69, 9.17) is 21.6 Å². The third-order valence-electron chi connectivity index (χ3n) is 8.14. The normalized spacial score (nSPS) is 17.4. The molecule has 0 amide bonds. The minimum atomic E-state index is -4.57. The molecule has 47 heavy (non-hydrogen) atoms. The molecule has 1 saturated heterocycles. The van der Waals surface area contributed by atoms with Gasteiger partial charge >= 0.3 is 12.4 Å². The Hall–Kier alpha value is -4.09. The van der Waals surface area contributed by atoms with E-state index in [-0.39, 0.29) is 28.5 Å². The molecule has 0 atom stereocenters. The zero-order valence-corrected chi connectivity index (χ0v) is 26.7. The number of piperidine rings is 1. The lowest BCUT2D eigenvalue weighted by atomic mass is 9.80. The van der Waals surface area contributed by atoms with Crippen LogP contribution < -0.4 is 16.0 Å². The molecule has 2 heterocycles. The largest absolute Gasteiger partial charge is 0.416 e. The predicted molar refractivity (Wildman–Crippen MR) is 172 cm³/mol. The van der Waals surface area contributed by atoms with Crippen molar-refractivity contribution in [3.63, 3.8) is 0 Å². The van der Waals surface area contributed by atoms with Crippen LogP contribution >= 0.6 is 11.6 Å². The number of benzene rings is 4. The lowest BCUT2D eigenvalue weighted by Crippen LogP contribution is -2.59. The SMILES string of the molecule is CC1(C)CC(N=c2cc3n(-c4cccc(C(F)(F)F)c4)c4ccc(Cl)cc4nc-3cc2Nc2cccc(C(F)(F)F)c2)CC(C)(C)N1. The Morgan fingerprint density at radius 1 is 0.830 bits per heavy atom. The molecule has 246 valence electrons. The van der Waals surface area contributed by atoms with Crippen LogP contribution in [0, 0.1) is 0 Å². The van der Waals surface area contributed by atoms with Gasteiger partial charge in [0.15, 0.2) is 0 Å². The Labute approximate surface area is 272 Å². The summed E-state index contributed by atoms with van der Waals surface area (Å²) in [6.45, 7) is 8.34. The fraction of sp³-hybridized carbons (Fsp3) is 0.314. The number of halogens is 7. The van der Waals surface area contributed by atoms with Gasteiger partial charge < -0.3 is 15.2 Å². The van der Waals surface area contributed by atoms with E-state index >= 15 is 0 Å². The molecule has 1 fully saturated rings. The molecular formula is C35H32ClF6N5. The highest BCUT2D eigenvalue weighted by Gasteiger charge is 2.38. The van der Waals surface area contributed by atoms with Crippen LogP contribution in [0.5, 0.6) is 0 Å². The molecule has 3 aliphatic rings. The van der Waals surface area contributed by atoms with Crippen molar-refractivity contribution in [1.82, 2.24) is 14.9 Å². The van der Waals surface area contributed by atoms with E-state index < -0.39 is 23.5 Å². The van der Waals surface area contributed by atoms with Crippen LogP contribution in [0.25, 0.3) is 28.1 Å². The highest BCUT2D eigenvalue weighted by atomic mass is 35.5. The average Bonchev–Trinajstić information content (AvgIpc) is 2.94. The number of nitrogens with zero attached hydrogens (tertiary/aromatic N) is 3. The van der Waals surface area contributed by atoms with Crippen molar-refractivity contribution in [3.05, 3.63) is 100 Å². The molecule has 0 bridgehead atoms. The summed E-state index contributed by atoms with van der Waals surface area (Å²) >= 11 is 6.30. The summed E-state index contributed by atoms with van der Waals surface area (Å²) in [6, 6.07) is 18.0. The number of hydrogen-bond donors (Lipinski definition) is 2. The van der Waals surface area contributed by atoms with Gasteiger partial charge in [-0.25, -0.2) is 4.98 Å². The van der Waals surface area contributed by atoms with E-state index in [9.17, 15) is 26.3 Å². The Morgan fingerprint density at radius 3 is 2.13 bits per heavy atom. The first kappa shape index (κ1) is 32.8. The molecule has 3 aromatic carbocycles. The van der Waals surface area contributed by atoms with E-state index in [2.05, 4.69) is 38.3 Å². The molecule has 0 unspecified atom stereocenters. The van der Waals surface area contributed by atoms with E-state index in [0.29, 0.717) is 51.3 Å². The molecule has 6 rings (SSSR count). The molecule has 1 aliphatic carbocycles. The quantitative estimate of drug-likeness (QED) is 0.148. The number of rotatable bonds is 4. The lowest BCUT2D eigenvalue weighted by molar-refractivity contribution is -0.138. The van der Waals surface area contributed by atoms with Gasteiger partial charge in [0, 0.05) is 27.5 Å². The monoisotopic (exact) mass is 671 g/mol. The summed E-state index contributed by atoms with van der Waals surface area (Å²) in [4.78, 5) is 9.94. The van der Waals surface area contributed by atoms with Crippen molar-refractivity contribution < 1.29 is 26.3 Å². The maximum Gasteiger partial charge on any atom is 0.416 e. The van der Waals surface area contributed by atoms with Gasteiger partial charge in [-0.3, -0.25) is 4.99 Å². The van der Waals surface area contributed by atoms with E-state index in [1.165, 1.54) is 18.2 Å². The molecule has 3 aromatic rings. The third kappa shape index (κ3) is 7.11. The number of fused-ring (bicyclic) bond motifs is 2. The number of aromatic nitrogens is 2. The fourth-order valence-corrected chi connectivity index (χ4v) is 6.83. The van der Waals surface area contributed by atoms with E-state index in [0.717, 1.165) is 24.3 Å². The Morgan fingerprint density at radius 2 is 1.47 bits per heavy atom. The van der Waals surface area contributed by atoms with Gasteiger partial charge in [0.05, 0.1) is 50.6 Å². The summed E-state index contributed by atoms with van der Waals surface area (Å²) in [5, 5.41) is 7.56. The molecule has 0 radical (unpaired) electrons. The van der Waals surface area contributed by atoms with Crippen LogP contribution in [-0.4, -0.2) is 26.7 Å². The summed E-state index contributed by atoms with van der Waals surface area (Å²) < 4.78 is 84.0. The summed E-state index contributed by atoms with van der Waals surface area (Å²) in [5.41, 5.74) is 0.448. The highest BCUT2D eigenvalue weighted by molar-refractivity contribution is 6.31. The van der Waals surface area contributed by atoms with Crippen LogP contribution in [0.3, 0.4) is 0 Å². The second-order valence-electron chi connectivity index (χ2n) is 13.3. The van der Waals surface area contributed by atoms with Crippen molar-refractivity contribution in [1.29, 1.82) is 0 Å². The zero-order chi connectivity index (χ0) is 33.9. The van der Waals surface area contributed by atoms with Crippen LogP contribution in [0.4, 0.5) is 37.7 Å². The van der Waals surface area contributed by atoms with E-state index in [1.807, 2.05) is 0 Å². The van der Waals surface area contributed by atoms with Crippen LogP contribution in [0.1, 0.15) is 51.7 Å². The standard InChI is InChI=1S/C35H32ClF6N5/c1-32(2)18-24(19-33(3,4)46-32)44-27-17-31-29(16-26(27)43-23-9-5-7-20(13-23)34(37,38)39)45-28-15-22(36)11-12-30(28)47(31)25-10-6-8-21(14-25)35(40,41)42/h5-17,24,43,46H,18-19H2,1-4H3. The van der Waals surface area contributed by atoms with Crippen molar-refractivity contribution in [2.75, 3.05) is 5.32 Å². The number of nitrogens with one attached hydrogen (secondary N) is 2. The van der Waals surface area contributed by atoms with Gasteiger partial charge in [-0.1, -0.05) is 23.7 Å². The molecular weight excluding hydrogens is 640 g/mol. The number of alkyl halides is 6. The molecule has 0 saturated carbocycles. The second-order valence-corrected chi connectivity index (χ2v) is 13.7. The first-order chi connectivity index (χ1) is 21.9. The average molecular weight is 672 g/mol. The zero-order valence-electron chi connectivity index (χ0n) is 26.0. The summed E-state index contributed by atoms with van der Waals surface area (Å²) in [7, 11) is 0. The number of anilines is 2. The minimum Gasteiger partial charge on any atom is -0.354 e. The second kappa shape index (κ2) is 11.6. The fourth-order valence-electron chi connectivity index (χ4n) is 6.66. The molecule has 2 N–H and O–H groups in total. The molecule has 12 heteroatoms. The highest BCUT2D eigenvalue weighted by Crippen LogP contribution is 2.36. The first-order valence-corrected chi connectivity index (χ1v) is 15.4. The first-order valence-electron chi connectivity index (χ1n) is 15.0. The maximum atomic E-state index is 13.8. The number of hydrogen-bond acceptors (Lipinski definition) is 4. The van der Waals surface area contributed by atoms with Crippen LogP contribution in [0.2, 0.25) is 5.02 Å². The molecule has 5 nitrogen and oxygen atoms in total. The van der Waals surface area contributed by atoms with Gasteiger partial charge in [0.25, 0.3) is 0 Å². The van der Waals surface area contributed by atoms with Gasteiger partial charge in [-0.05, 0) is 107 Å². The third-order valence-corrected chi connectivity index (χ3v) is 8.38. The summed E-state index contributed by atoms with van der Waals surface area (Å²) in [5.74, 6) is 0. The van der Waals surface area contributed by atoms with Crippen LogP contribution in [0.15, 0.2) is 83.9 Å². The molecule has 0 aromatic heterocycles. The van der Waals surface area contributed by atoms with E-state index in [1.54, 1.807) is 41.0 Å². The Balaban J connectivity index is 1.64. The topological polar surface area (TPSA) is 54.2 Å². The lowest BCUT2D eigenvalue weighted by Gasteiger charge is -2.45. The van der Waals surface area contributed by atoms with Crippen LogP contribution in [-0.2, 0) is 12.4 Å². The van der Waals surface area contributed by atoms with Gasteiger partial charge in [0.1, 0.15) is 0 Å². The minimum absolute atomic E-state index is 0.171. The predicted octanol–water partition coefficient (Wildman–Crippen LogP) is 9.77. The van der Waals surface area contributed by atoms with Gasteiger partial charge in [-0.15, -0.1) is 0 Å². The molecule has 0 spiro atoms. The van der Waals surface area contributed by atoms with Crippen molar-refractivity contribution >= 4 is 34.0 Å². The Bertz CT molecular complexity index is 2000. The van der Waals surface area contributed by atoms with Crippen molar-refractivity contribution in [2.45, 2.75) is 70.0 Å². The van der Waals surface area contributed by atoms with Gasteiger partial charge in [-0.2, -0.15) is 26.3 Å². The summed E-state index contributed by atoms with van der Waals surface area (Å²) in [6.07, 6.45) is -7.76. The molecule has 2 aliphatic heterocycles. The smallest absolute Gasteiger partial charge is 0.354 e. The van der Waals surface area contributed by atoms with Crippen molar-refractivity contribution in [3.8, 4) is 17.1 Å². The Kier molecular flexibility index (Phi) is 8.07.